The van der Waals surface area contributed by atoms with Crippen LogP contribution in [0.3, 0.4) is 0 Å². The molecule has 1 atom stereocenters. The van der Waals surface area contributed by atoms with Crippen LogP contribution in [0.4, 0.5) is 0 Å². The average Bonchev–Trinajstić information content (AvgIpc) is 2.57. The second-order valence-electron chi connectivity index (χ2n) is 4.22. The number of hydrogen-bond donors (Lipinski definition) is 2. The zero-order valence-corrected chi connectivity index (χ0v) is 7.15. The molecule has 1 heterocycles. The molecule has 1 unspecified atom stereocenters. The Morgan fingerprint density at radius 3 is 2.45 bits per heavy atom. The smallest absolute Gasteiger partial charge is 0.189 e. The number of rotatable bonds is 1. The molecule has 1 fully saturated rings. The molecule has 0 radical (unpaired) electrons. The van der Waals surface area contributed by atoms with E-state index in [1.807, 2.05) is 0 Å². The average molecular weight is 153 g/mol. The molecule has 1 aliphatic heterocycles. The third-order valence-corrected chi connectivity index (χ3v) is 3.30. The molecule has 3 N–H and O–H groups in total. The van der Waals surface area contributed by atoms with Gasteiger partial charge in [0.2, 0.25) is 0 Å². The topological polar surface area (TPSA) is 50.4 Å². The van der Waals surface area contributed by atoms with Gasteiger partial charge in [0, 0.05) is 0 Å². The van der Waals surface area contributed by atoms with E-state index in [2.05, 4.69) is 24.2 Å². The van der Waals surface area contributed by atoms with Crippen LogP contribution in [-0.2, 0) is 0 Å². The summed E-state index contributed by atoms with van der Waals surface area (Å²) in [4.78, 5) is 4.18. The first-order chi connectivity index (χ1) is 5.06. The van der Waals surface area contributed by atoms with Crippen molar-refractivity contribution in [3.8, 4) is 0 Å². The summed E-state index contributed by atoms with van der Waals surface area (Å²) in [5.41, 5.74) is 6.15. The SMILES string of the molecule is CC1(C2(C)CN=C(N)N2)CC1. The minimum atomic E-state index is 0.136. The van der Waals surface area contributed by atoms with Gasteiger partial charge >= 0.3 is 0 Å². The molecule has 3 heteroatoms. The zero-order chi connectivity index (χ0) is 8.11. The second-order valence-corrected chi connectivity index (χ2v) is 4.22. The van der Waals surface area contributed by atoms with Crippen molar-refractivity contribution in [2.45, 2.75) is 32.2 Å². The van der Waals surface area contributed by atoms with Crippen LogP contribution >= 0.6 is 0 Å². The van der Waals surface area contributed by atoms with E-state index >= 15 is 0 Å². The van der Waals surface area contributed by atoms with Crippen LogP contribution in [0.5, 0.6) is 0 Å². The summed E-state index contributed by atoms with van der Waals surface area (Å²) in [6, 6.07) is 0. The summed E-state index contributed by atoms with van der Waals surface area (Å²) in [6.07, 6.45) is 2.61. The monoisotopic (exact) mass is 153 g/mol. The van der Waals surface area contributed by atoms with E-state index in [0.29, 0.717) is 11.4 Å². The van der Waals surface area contributed by atoms with Crippen LogP contribution in [-0.4, -0.2) is 18.0 Å². The van der Waals surface area contributed by atoms with Gasteiger partial charge in [0.25, 0.3) is 0 Å². The third kappa shape index (κ3) is 0.832. The molecule has 0 spiro atoms. The van der Waals surface area contributed by atoms with Gasteiger partial charge in [-0.1, -0.05) is 6.92 Å². The van der Waals surface area contributed by atoms with Crippen molar-refractivity contribution >= 4 is 5.96 Å². The summed E-state index contributed by atoms with van der Waals surface area (Å²) >= 11 is 0. The zero-order valence-electron chi connectivity index (χ0n) is 7.15. The van der Waals surface area contributed by atoms with E-state index in [4.69, 9.17) is 5.73 Å². The lowest BCUT2D eigenvalue weighted by Crippen LogP contribution is -2.51. The Hall–Kier alpha value is -0.730. The first-order valence-electron chi connectivity index (χ1n) is 4.14. The summed E-state index contributed by atoms with van der Waals surface area (Å²) in [5.74, 6) is 0.612. The Morgan fingerprint density at radius 1 is 1.45 bits per heavy atom. The van der Waals surface area contributed by atoms with Crippen LogP contribution in [0.25, 0.3) is 0 Å². The van der Waals surface area contributed by atoms with Crippen molar-refractivity contribution in [2.75, 3.05) is 6.54 Å². The van der Waals surface area contributed by atoms with Crippen molar-refractivity contribution < 1.29 is 0 Å². The van der Waals surface area contributed by atoms with Gasteiger partial charge in [-0.2, -0.15) is 0 Å². The van der Waals surface area contributed by atoms with E-state index in [9.17, 15) is 0 Å². The Labute approximate surface area is 67.1 Å². The molecule has 0 aromatic rings. The van der Waals surface area contributed by atoms with E-state index in [1.165, 1.54) is 12.8 Å². The minimum absolute atomic E-state index is 0.136. The van der Waals surface area contributed by atoms with E-state index in [1.54, 1.807) is 0 Å². The quantitative estimate of drug-likeness (QED) is 0.575. The van der Waals surface area contributed by atoms with Crippen LogP contribution < -0.4 is 11.1 Å². The molecule has 2 rings (SSSR count). The fraction of sp³-hybridized carbons (Fsp3) is 0.875. The highest BCUT2D eigenvalue weighted by molar-refractivity contribution is 5.80. The van der Waals surface area contributed by atoms with Crippen LogP contribution in [0.2, 0.25) is 0 Å². The highest BCUT2D eigenvalue weighted by Gasteiger charge is 2.54. The van der Waals surface area contributed by atoms with Crippen LogP contribution in [0.1, 0.15) is 26.7 Å². The lowest BCUT2D eigenvalue weighted by atomic mass is 9.85. The molecule has 1 aliphatic carbocycles. The molecule has 0 amide bonds. The standard InChI is InChI=1S/C8H15N3/c1-7(3-4-7)8(2)5-10-6(9)11-8/h3-5H2,1-2H3,(H3,9,10,11). The first kappa shape index (κ1) is 6.95. The van der Waals surface area contributed by atoms with E-state index in [0.717, 1.165) is 6.54 Å². The first-order valence-corrected chi connectivity index (χ1v) is 4.14. The third-order valence-electron chi connectivity index (χ3n) is 3.30. The number of guanidine groups is 1. The fourth-order valence-electron chi connectivity index (χ4n) is 1.69. The molecule has 0 aromatic carbocycles. The lowest BCUT2D eigenvalue weighted by Gasteiger charge is -2.31. The van der Waals surface area contributed by atoms with Crippen LogP contribution in [0.15, 0.2) is 4.99 Å². The maximum atomic E-state index is 5.57. The summed E-state index contributed by atoms with van der Waals surface area (Å²) in [6.45, 7) is 5.35. The summed E-state index contributed by atoms with van der Waals surface area (Å²) < 4.78 is 0. The minimum Gasteiger partial charge on any atom is -0.370 e. The molecule has 0 bridgehead atoms. The van der Waals surface area contributed by atoms with Gasteiger partial charge in [-0.3, -0.25) is 4.99 Å². The molecule has 1 saturated carbocycles. The molecular formula is C8H15N3. The highest BCUT2D eigenvalue weighted by atomic mass is 15.2. The fourth-order valence-corrected chi connectivity index (χ4v) is 1.69. The number of aliphatic imine (C=N–C) groups is 1. The lowest BCUT2D eigenvalue weighted by molar-refractivity contribution is 0.285. The Balaban J connectivity index is 2.14. The maximum absolute atomic E-state index is 5.57. The van der Waals surface area contributed by atoms with Gasteiger partial charge in [-0.05, 0) is 25.2 Å². The number of nitrogens with zero attached hydrogens (tertiary/aromatic N) is 1. The Bertz CT molecular complexity index is 217. The Morgan fingerprint density at radius 2 is 2.09 bits per heavy atom. The molecule has 0 aromatic heterocycles. The van der Waals surface area contributed by atoms with Gasteiger partial charge in [-0.25, -0.2) is 0 Å². The predicted molar refractivity (Wildman–Crippen MR) is 45.4 cm³/mol. The van der Waals surface area contributed by atoms with Gasteiger partial charge in [0.15, 0.2) is 5.96 Å². The largest absolute Gasteiger partial charge is 0.370 e. The van der Waals surface area contributed by atoms with Crippen molar-refractivity contribution in [2.24, 2.45) is 16.1 Å². The predicted octanol–water partition coefficient (Wildman–Crippen LogP) is 0.463. The van der Waals surface area contributed by atoms with Crippen molar-refractivity contribution in [3.05, 3.63) is 0 Å². The highest BCUT2D eigenvalue weighted by Crippen LogP contribution is 2.54. The molecular weight excluding hydrogens is 138 g/mol. The van der Waals surface area contributed by atoms with Gasteiger partial charge < -0.3 is 11.1 Å². The molecule has 62 valence electrons. The summed E-state index contributed by atoms with van der Waals surface area (Å²) in [5, 5.41) is 3.26. The molecule has 11 heavy (non-hydrogen) atoms. The van der Waals surface area contributed by atoms with E-state index < -0.39 is 0 Å². The summed E-state index contributed by atoms with van der Waals surface area (Å²) in [7, 11) is 0. The second kappa shape index (κ2) is 1.71. The number of nitrogens with two attached hydrogens (primary N) is 1. The van der Waals surface area contributed by atoms with E-state index in [-0.39, 0.29) is 5.54 Å². The maximum Gasteiger partial charge on any atom is 0.189 e. The normalized spacial score (nSPS) is 39.6. The molecule has 0 saturated heterocycles. The molecule has 2 aliphatic rings. The van der Waals surface area contributed by atoms with Gasteiger partial charge in [0.05, 0.1) is 12.1 Å². The molecule has 3 nitrogen and oxygen atoms in total. The van der Waals surface area contributed by atoms with Crippen molar-refractivity contribution in [1.82, 2.24) is 5.32 Å². The van der Waals surface area contributed by atoms with Crippen molar-refractivity contribution in [3.63, 3.8) is 0 Å². The van der Waals surface area contributed by atoms with Gasteiger partial charge in [-0.15, -0.1) is 0 Å². The van der Waals surface area contributed by atoms with Crippen molar-refractivity contribution in [1.29, 1.82) is 0 Å². The van der Waals surface area contributed by atoms with Crippen LogP contribution in [0, 0.1) is 5.41 Å². The number of hydrogen-bond acceptors (Lipinski definition) is 3. The van der Waals surface area contributed by atoms with Gasteiger partial charge in [0.1, 0.15) is 0 Å². The Kier molecular flexibility index (Phi) is 1.08. The number of nitrogens with one attached hydrogen (secondary N) is 1.